The molecule has 34 heavy (non-hydrogen) atoms. The van der Waals surface area contributed by atoms with Crippen LogP contribution in [0.4, 0.5) is 5.82 Å². The van der Waals surface area contributed by atoms with Gasteiger partial charge >= 0.3 is 0 Å². The Balaban J connectivity index is 1.36. The van der Waals surface area contributed by atoms with E-state index in [4.69, 9.17) is 4.74 Å². The highest BCUT2D eigenvalue weighted by atomic mass is 16.6. The summed E-state index contributed by atoms with van der Waals surface area (Å²) >= 11 is 0. The largest absolute Gasteiger partial charge is 0.394 e. The van der Waals surface area contributed by atoms with Crippen molar-refractivity contribution < 1.29 is 30.0 Å². The summed E-state index contributed by atoms with van der Waals surface area (Å²) in [4.78, 5) is 19.4. The first kappa shape index (κ1) is 21.3. The normalized spacial score (nSPS) is 29.9. The predicted molar refractivity (Wildman–Crippen MR) is 119 cm³/mol. The summed E-state index contributed by atoms with van der Waals surface area (Å²) in [5.41, 5.74) is 3.61. The lowest BCUT2D eigenvalue weighted by molar-refractivity contribution is -0.0520. The zero-order valence-corrected chi connectivity index (χ0v) is 18.0. The third-order valence-corrected chi connectivity index (χ3v) is 6.95. The van der Waals surface area contributed by atoms with Crippen LogP contribution in [0.1, 0.15) is 40.0 Å². The summed E-state index contributed by atoms with van der Waals surface area (Å²) in [5, 5.41) is 44.4. The smallest absolute Gasteiger partial charge is 0.278 e. The minimum atomic E-state index is -1.30. The van der Waals surface area contributed by atoms with Crippen molar-refractivity contribution in [3.05, 3.63) is 71.7 Å². The summed E-state index contributed by atoms with van der Waals surface area (Å²) < 4.78 is 7.05. The molecule has 6 rings (SSSR count). The van der Waals surface area contributed by atoms with Crippen LogP contribution in [0.25, 0.3) is 11.1 Å². The van der Waals surface area contributed by atoms with Gasteiger partial charge in [-0.05, 0) is 22.3 Å². The molecule has 1 aromatic heterocycles. The number of carbonyl (C=O) groups is 1. The first-order valence-corrected chi connectivity index (χ1v) is 11.1. The molecule has 1 saturated heterocycles. The van der Waals surface area contributed by atoms with Gasteiger partial charge in [0.05, 0.1) is 25.6 Å². The zero-order chi connectivity index (χ0) is 23.6. The number of hydrogen-bond acceptors (Lipinski definition) is 8. The van der Waals surface area contributed by atoms with Gasteiger partial charge in [-0.1, -0.05) is 48.5 Å². The number of aliphatic hydroxyl groups is 4. The third-order valence-electron chi connectivity index (χ3n) is 6.95. The Hall–Kier alpha value is -3.28. The lowest BCUT2D eigenvalue weighted by atomic mass is 9.80. The van der Waals surface area contributed by atoms with Gasteiger partial charge in [0.15, 0.2) is 11.9 Å². The molecule has 3 heterocycles. The topological polar surface area (TPSA) is 140 Å². The minimum Gasteiger partial charge on any atom is -0.394 e. The molecule has 1 amide bonds. The maximum Gasteiger partial charge on any atom is 0.278 e. The monoisotopic (exact) mass is 464 g/mol. The molecule has 3 aromatic rings. The number of anilines is 1. The molecule has 5 N–H and O–H groups in total. The van der Waals surface area contributed by atoms with Crippen LogP contribution >= 0.6 is 0 Å². The number of nitrogens with one attached hydrogen (secondary N) is 1. The van der Waals surface area contributed by atoms with Gasteiger partial charge in [0.25, 0.3) is 5.91 Å². The second-order valence-electron chi connectivity index (χ2n) is 8.75. The average molecular weight is 464 g/mol. The molecule has 0 bridgehead atoms. The van der Waals surface area contributed by atoms with E-state index in [1.807, 2.05) is 48.5 Å². The molecule has 0 saturated carbocycles. The van der Waals surface area contributed by atoms with Gasteiger partial charge in [-0.2, -0.15) is 0 Å². The average Bonchev–Trinajstić information content (AvgIpc) is 3.41. The summed E-state index contributed by atoms with van der Waals surface area (Å²) in [6, 6.07) is 14.7. The number of hydrogen-bond donors (Lipinski definition) is 5. The van der Waals surface area contributed by atoms with E-state index in [1.54, 1.807) is 4.90 Å². The Bertz CT molecular complexity index is 1260. The molecule has 1 fully saturated rings. The fraction of sp³-hybridized carbons (Fsp3) is 0.333. The molecule has 0 radical (unpaired) electrons. The van der Waals surface area contributed by atoms with Gasteiger partial charge < -0.3 is 35.4 Å². The summed E-state index contributed by atoms with van der Waals surface area (Å²) in [6.45, 7) is -0.364. The highest BCUT2D eigenvalue weighted by molar-refractivity contribution is 5.99. The van der Waals surface area contributed by atoms with Crippen molar-refractivity contribution in [2.75, 3.05) is 18.6 Å². The summed E-state index contributed by atoms with van der Waals surface area (Å²) in [7, 11) is 0. The van der Waals surface area contributed by atoms with Crippen molar-refractivity contribution in [2.45, 2.75) is 36.7 Å². The van der Waals surface area contributed by atoms with E-state index in [1.165, 1.54) is 10.9 Å². The molecule has 10 heteroatoms. The second kappa shape index (κ2) is 7.90. The van der Waals surface area contributed by atoms with Crippen molar-refractivity contribution in [1.82, 2.24) is 14.5 Å². The van der Waals surface area contributed by atoms with Crippen LogP contribution in [0.3, 0.4) is 0 Å². The van der Waals surface area contributed by atoms with Gasteiger partial charge in [-0.3, -0.25) is 9.36 Å². The molecule has 10 nitrogen and oxygen atoms in total. The van der Waals surface area contributed by atoms with Gasteiger partial charge in [-0.25, -0.2) is 4.98 Å². The molecule has 2 unspecified atom stereocenters. The zero-order valence-electron chi connectivity index (χ0n) is 18.0. The maximum absolute atomic E-state index is 13.6. The number of carbonyl (C=O) groups excluding carboxylic acids is 1. The molecule has 6 atom stereocenters. The van der Waals surface area contributed by atoms with E-state index in [9.17, 15) is 25.2 Å². The molecule has 176 valence electrons. The molecule has 1 aliphatic carbocycles. The third kappa shape index (κ3) is 2.93. The Kier molecular flexibility index (Phi) is 4.94. The van der Waals surface area contributed by atoms with Crippen LogP contribution in [0, 0.1) is 0 Å². The summed E-state index contributed by atoms with van der Waals surface area (Å²) in [5.74, 6) is -0.0347. The molecule has 3 aliphatic rings. The number of fused-ring (bicyclic) bond motifs is 4. The highest BCUT2D eigenvalue weighted by Crippen LogP contribution is 2.48. The van der Waals surface area contributed by atoms with Crippen molar-refractivity contribution in [2.24, 2.45) is 0 Å². The van der Waals surface area contributed by atoms with Crippen molar-refractivity contribution in [3.63, 3.8) is 0 Å². The highest BCUT2D eigenvalue weighted by Gasteiger charge is 2.46. The van der Waals surface area contributed by atoms with Crippen LogP contribution in [0.2, 0.25) is 0 Å². The lowest BCUT2D eigenvalue weighted by Crippen LogP contribution is -2.46. The molecule has 0 spiro atoms. The molecular weight excluding hydrogens is 440 g/mol. The van der Waals surface area contributed by atoms with Crippen LogP contribution < -0.4 is 5.32 Å². The SMILES string of the molecule is O=C1c2ncn([C@@H]3O[C@H](CO)[C@@H](O)[C@H]3O)c2NCN1C1c2ccccc2-c2ccccc2C1O. The van der Waals surface area contributed by atoms with E-state index >= 15 is 0 Å². The number of amides is 1. The van der Waals surface area contributed by atoms with E-state index < -0.39 is 43.3 Å². The number of ether oxygens (including phenoxy) is 1. The maximum atomic E-state index is 13.6. The molecular formula is C24H24N4O6. The van der Waals surface area contributed by atoms with Crippen molar-refractivity contribution in [3.8, 4) is 11.1 Å². The van der Waals surface area contributed by atoms with Crippen LogP contribution in [-0.2, 0) is 4.74 Å². The Morgan fingerprint density at radius 1 is 1.00 bits per heavy atom. The number of aliphatic hydroxyl groups excluding tert-OH is 4. The van der Waals surface area contributed by atoms with E-state index in [0.29, 0.717) is 5.82 Å². The quantitative estimate of drug-likeness (QED) is 0.383. The van der Waals surface area contributed by atoms with E-state index in [0.717, 1.165) is 22.3 Å². The number of aromatic nitrogens is 2. The predicted octanol–water partition coefficient (Wildman–Crippen LogP) is 0.775. The van der Waals surface area contributed by atoms with Crippen LogP contribution in [0.5, 0.6) is 0 Å². The lowest BCUT2D eigenvalue weighted by Gasteiger charge is -2.41. The Labute approximate surface area is 194 Å². The van der Waals surface area contributed by atoms with Crippen LogP contribution in [0.15, 0.2) is 54.9 Å². The fourth-order valence-electron chi connectivity index (χ4n) is 5.27. The van der Waals surface area contributed by atoms with Gasteiger partial charge in [0, 0.05) is 0 Å². The Morgan fingerprint density at radius 3 is 2.38 bits per heavy atom. The minimum absolute atomic E-state index is 0.0878. The number of benzene rings is 2. The molecule has 2 aromatic carbocycles. The molecule has 2 aliphatic heterocycles. The first-order valence-electron chi connectivity index (χ1n) is 11.1. The fourth-order valence-corrected chi connectivity index (χ4v) is 5.27. The number of nitrogens with zero attached hydrogens (tertiary/aromatic N) is 3. The Morgan fingerprint density at radius 2 is 1.68 bits per heavy atom. The van der Waals surface area contributed by atoms with Crippen molar-refractivity contribution >= 4 is 11.7 Å². The van der Waals surface area contributed by atoms with Gasteiger partial charge in [-0.15, -0.1) is 0 Å². The van der Waals surface area contributed by atoms with Crippen LogP contribution in [-0.4, -0.2) is 72.4 Å². The van der Waals surface area contributed by atoms with Gasteiger partial charge in [0.2, 0.25) is 0 Å². The standard InChI is InChI=1S/C24H24N4O6/c29-9-16-20(31)21(32)24(34-16)28-10-25-17-22(28)26-11-27(23(17)33)18-14-7-3-1-5-12(14)13-6-2-4-8-15(13)19(18)30/h1-8,10,16,18-21,24,26,29-32H,9,11H2/t16-,18?,19?,20-,21-,24-/m1/s1. The van der Waals surface area contributed by atoms with E-state index in [-0.39, 0.29) is 18.3 Å². The first-order chi connectivity index (χ1) is 16.5. The second-order valence-corrected chi connectivity index (χ2v) is 8.75. The number of rotatable bonds is 3. The van der Waals surface area contributed by atoms with Crippen molar-refractivity contribution in [1.29, 1.82) is 0 Å². The van der Waals surface area contributed by atoms with Gasteiger partial charge in [0.1, 0.15) is 30.2 Å². The van der Waals surface area contributed by atoms with E-state index in [2.05, 4.69) is 10.3 Å². The summed E-state index contributed by atoms with van der Waals surface area (Å²) in [6.07, 6.45) is -4.08. The number of imidazole rings is 1.